The molecule has 0 radical (unpaired) electrons. The van der Waals surface area contributed by atoms with E-state index < -0.39 is 16.6 Å². The van der Waals surface area contributed by atoms with E-state index in [0.29, 0.717) is 11.3 Å². The van der Waals surface area contributed by atoms with E-state index in [1.165, 1.54) is 10.4 Å². The number of hydrogen-bond acceptors (Lipinski definition) is 3. The molecule has 0 aliphatic rings. The number of carbonyl (C=O) groups excluding carboxylic acids is 1. The highest BCUT2D eigenvalue weighted by atomic mass is 28.4. The first-order valence-corrected chi connectivity index (χ1v) is 19.1. The lowest BCUT2D eigenvalue weighted by Crippen LogP contribution is -2.68. The van der Waals surface area contributed by atoms with Gasteiger partial charge in [0, 0.05) is 0 Å². The molecule has 44 heavy (non-hydrogen) atoms. The van der Waals surface area contributed by atoms with E-state index in [2.05, 4.69) is 114 Å². The SMILES string of the molecule is CC(C)(C)[Si](OC(=O)c1cccc(O[Si](c2ccccc2)(c2ccccc2)C(C)(C)C)c1)(c1ccccc1)c1ccccc1. The van der Waals surface area contributed by atoms with E-state index in [0.717, 1.165) is 10.4 Å². The van der Waals surface area contributed by atoms with Gasteiger partial charge in [-0.2, -0.15) is 0 Å². The molecule has 5 aromatic carbocycles. The molecule has 5 aromatic rings. The number of benzene rings is 5. The second-order valence-electron chi connectivity index (χ2n) is 13.3. The molecule has 3 nitrogen and oxygen atoms in total. The minimum absolute atomic E-state index is 0.207. The van der Waals surface area contributed by atoms with Crippen LogP contribution in [0.1, 0.15) is 51.9 Å². The van der Waals surface area contributed by atoms with Crippen molar-refractivity contribution in [2.75, 3.05) is 0 Å². The molecule has 0 atom stereocenters. The second-order valence-corrected chi connectivity index (χ2v) is 21.8. The Balaban J connectivity index is 1.60. The average Bonchev–Trinajstić information content (AvgIpc) is 3.03. The smallest absolute Gasteiger partial charge is 0.325 e. The molecule has 0 N–H and O–H groups in total. The Labute approximate surface area is 264 Å². The van der Waals surface area contributed by atoms with Gasteiger partial charge in [0.15, 0.2) is 0 Å². The molecule has 0 amide bonds. The third-order valence-corrected chi connectivity index (χ3v) is 18.3. The van der Waals surface area contributed by atoms with E-state index in [-0.39, 0.29) is 16.0 Å². The van der Waals surface area contributed by atoms with E-state index in [1.54, 1.807) is 0 Å². The van der Waals surface area contributed by atoms with Crippen molar-refractivity contribution in [3.63, 3.8) is 0 Å². The van der Waals surface area contributed by atoms with Gasteiger partial charge in [0.1, 0.15) is 5.75 Å². The van der Waals surface area contributed by atoms with Crippen molar-refractivity contribution in [2.45, 2.75) is 51.6 Å². The lowest BCUT2D eigenvalue weighted by Gasteiger charge is -2.43. The van der Waals surface area contributed by atoms with Gasteiger partial charge in [-0.05, 0) is 49.0 Å². The van der Waals surface area contributed by atoms with Gasteiger partial charge in [0.05, 0.1) is 5.56 Å². The first-order valence-electron chi connectivity index (χ1n) is 15.2. The van der Waals surface area contributed by atoms with Crippen molar-refractivity contribution in [2.24, 2.45) is 0 Å². The molecular formula is C39H42O3Si2. The molecule has 0 aliphatic carbocycles. The molecule has 0 saturated heterocycles. The molecule has 0 fully saturated rings. The highest BCUT2D eigenvalue weighted by Crippen LogP contribution is 2.39. The summed E-state index contributed by atoms with van der Waals surface area (Å²) in [5.74, 6) is 0.323. The molecule has 0 saturated carbocycles. The Bertz CT molecular complexity index is 1600. The Hall–Kier alpha value is -4.20. The second kappa shape index (κ2) is 12.4. The fraction of sp³-hybridized carbons (Fsp3) is 0.205. The fourth-order valence-electron chi connectivity index (χ4n) is 6.36. The molecular weight excluding hydrogens is 573 g/mol. The standard InChI is InChI=1S/C39H42O3Si2/c1-38(2,3)43(33-22-11-7-12-23-33,34-24-13-8-14-25-34)41-32-21-19-20-31(30-32)37(40)42-44(39(4,5)6,35-26-15-9-16-27-35)36-28-17-10-18-29-36/h7-30H,1-6H3. The molecule has 0 aliphatic heterocycles. The van der Waals surface area contributed by atoms with Crippen molar-refractivity contribution in [3.05, 3.63) is 151 Å². The summed E-state index contributed by atoms with van der Waals surface area (Å²) >= 11 is 0. The van der Waals surface area contributed by atoms with Crippen LogP contribution in [-0.4, -0.2) is 22.6 Å². The summed E-state index contributed by atoms with van der Waals surface area (Å²) in [6.45, 7) is 13.3. The molecule has 5 heteroatoms. The molecule has 0 spiro atoms. The maximum absolute atomic E-state index is 14.3. The van der Waals surface area contributed by atoms with Crippen LogP contribution < -0.4 is 25.2 Å². The van der Waals surface area contributed by atoms with Crippen molar-refractivity contribution in [3.8, 4) is 5.75 Å². The van der Waals surface area contributed by atoms with Gasteiger partial charge in [-0.3, -0.25) is 0 Å². The highest BCUT2D eigenvalue weighted by Gasteiger charge is 2.54. The van der Waals surface area contributed by atoms with Crippen LogP contribution in [0.15, 0.2) is 146 Å². The highest BCUT2D eigenvalue weighted by molar-refractivity contribution is 7.01. The zero-order valence-corrected chi connectivity index (χ0v) is 28.6. The van der Waals surface area contributed by atoms with E-state index in [9.17, 15) is 4.79 Å². The van der Waals surface area contributed by atoms with Crippen LogP contribution in [0.5, 0.6) is 5.75 Å². The van der Waals surface area contributed by atoms with Gasteiger partial charge >= 0.3 is 22.6 Å². The first kappa shape index (κ1) is 31.2. The summed E-state index contributed by atoms with van der Waals surface area (Å²) in [5.41, 5.74) is 0.480. The van der Waals surface area contributed by atoms with Gasteiger partial charge in [-0.1, -0.05) is 169 Å². The first-order chi connectivity index (χ1) is 21.0. The third-order valence-electron chi connectivity index (χ3n) is 8.42. The summed E-state index contributed by atoms with van der Waals surface area (Å²) in [4.78, 5) is 14.3. The van der Waals surface area contributed by atoms with Gasteiger partial charge in [0.25, 0.3) is 0 Å². The van der Waals surface area contributed by atoms with Crippen LogP contribution in [0, 0.1) is 0 Å². The fourth-order valence-corrected chi connectivity index (χ4v) is 15.1. The van der Waals surface area contributed by atoms with E-state index in [4.69, 9.17) is 8.85 Å². The average molecular weight is 615 g/mol. The summed E-state index contributed by atoms with van der Waals surface area (Å²) in [6.07, 6.45) is 0. The lowest BCUT2D eigenvalue weighted by atomic mass is 10.2. The van der Waals surface area contributed by atoms with Gasteiger partial charge in [-0.15, -0.1) is 0 Å². The van der Waals surface area contributed by atoms with Crippen molar-refractivity contribution in [1.82, 2.24) is 0 Å². The van der Waals surface area contributed by atoms with Crippen LogP contribution in [0.2, 0.25) is 10.1 Å². The predicted molar refractivity (Wildman–Crippen MR) is 188 cm³/mol. The minimum atomic E-state index is -3.08. The molecule has 5 rings (SSSR count). The third kappa shape index (κ3) is 5.82. The van der Waals surface area contributed by atoms with Crippen LogP contribution in [0.4, 0.5) is 0 Å². The van der Waals surface area contributed by atoms with Crippen LogP contribution in [-0.2, 0) is 4.43 Å². The van der Waals surface area contributed by atoms with Crippen LogP contribution in [0.3, 0.4) is 0 Å². The van der Waals surface area contributed by atoms with Crippen molar-refractivity contribution in [1.29, 1.82) is 0 Å². The van der Waals surface area contributed by atoms with E-state index >= 15 is 0 Å². The Morgan fingerprint density at radius 3 is 1.20 bits per heavy atom. The Morgan fingerprint density at radius 2 is 0.841 bits per heavy atom. The minimum Gasteiger partial charge on any atom is -0.534 e. The maximum atomic E-state index is 14.3. The topological polar surface area (TPSA) is 35.5 Å². The normalized spacial score (nSPS) is 12.4. The quantitative estimate of drug-likeness (QED) is 0.172. The lowest BCUT2D eigenvalue weighted by molar-refractivity contribution is 0.0718. The molecule has 0 aromatic heterocycles. The van der Waals surface area contributed by atoms with Crippen molar-refractivity contribution >= 4 is 43.4 Å². The molecule has 0 heterocycles. The zero-order chi connectivity index (χ0) is 31.4. The molecule has 0 bridgehead atoms. The predicted octanol–water partition coefficient (Wildman–Crippen LogP) is 7.34. The van der Waals surface area contributed by atoms with Gasteiger partial charge in [0.2, 0.25) is 0 Å². The van der Waals surface area contributed by atoms with Crippen LogP contribution in [0.25, 0.3) is 0 Å². The van der Waals surface area contributed by atoms with Gasteiger partial charge in [-0.25, -0.2) is 4.79 Å². The molecule has 0 unspecified atom stereocenters. The maximum Gasteiger partial charge on any atom is 0.325 e. The number of carbonyl (C=O) groups is 1. The molecule has 224 valence electrons. The van der Waals surface area contributed by atoms with Crippen LogP contribution >= 0.6 is 0 Å². The zero-order valence-electron chi connectivity index (χ0n) is 26.6. The number of rotatable bonds is 8. The summed E-state index contributed by atoms with van der Waals surface area (Å²) in [7, 11) is -5.95. The number of hydrogen-bond donors (Lipinski definition) is 0. The van der Waals surface area contributed by atoms with Crippen molar-refractivity contribution < 1.29 is 13.6 Å². The summed E-state index contributed by atoms with van der Waals surface area (Å²) < 4.78 is 14.1. The largest absolute Gasteiger partial charge is 0.534 e. The summed E-state index contributed by atoms with van der Waals surface area (Å²) in [5, 5.41) is 3.95. The van der Waals surface area contributed by atoms with E-state index in [1.807, 2.05) is 72.8 Å². The Kier molecular flexibility index (Phi) is 8.82. The summed E-state index contributed by atoms with van der Waals surface area (Å²) in [6, 6.07) is 49.1. The monoisotopic (exact) mass is 614 g/mol. The Morgan fingerprint density at radius 1 is 0.477 bits per heavy atom. The van der Waals surface area contributed by atoms with Gasteiger partial charge < -0.3 is 8.85 Å².